The van der Waals surface area contributed by atoms with Crippen molar-refractivity contribution in [2.75, 3.05) is 16.8 Å². The molecule has 4 rings (SSSR count). The minimum absolute atomic E-state index is 0.0288. The van der Waals surface area contributed by atoms with E-state index in [0.717, 1.165) is 34.9 Å². The van der Waals surface area contributed by atoms with Gasteiger partial charge in [0.25, 0.3) is 5.91 Å². The molecule has 0 radical (unpaired) electrons. The van der Waals surface area contributed by atoms with Crippen LogP contribution in [0.15, 0.2) is 60.7 Å². The van der Waals surface area contributed by atoms with Crippen molar-refractivity contribution in [2.24, 2.45) is 0 Å². The molecule has 0 aromatic heterocycles. The molecule has 4 nitrogen and oxygen atoms in total. The summed E-state index contributed by atoms with van der Waals surface area (Å²) in [5, 5.41) is 5.29. The Labute approximate surface area is 174 Å². The maximum Gasteiger partial charge on any atom is 0.258 e. The van der Waals surface area contributed by atoms with Crippen LogP contribution in [0.4, 0.5) is 11.4 Å². The minimum atomic E-state index is -0.252. The first-order valence-corrected chi connectivity index (χ1v) is 10.1. The molecule has 0 saturated heterocycles. The molecule has 1 aliphatic heterocycles. The van der Waals surface area contributed by atoms with Gasteiger partial charge in [0.2, 0.25) is 5.91 Å². The quantitative estimate of drug-likeness (QED) is 0.519. The summed E-state index contributed by atoms with van der Waals surface area (Å²) >= 11 is 6.13. The number of nitrogens with zero attached hydrogens (tertiary/aromatic N) is 1. The Kier molecular flexibility index (Phi) is 5.36. The van der Waals surface area contributed by atoms with E-state index >= 15 is 0 Å². The Hall–Kier alpha value is -3.11. The van der Waals surface area contributed by atoms with Gasteiger partial charge in [0.1, 0.15) is 0 Å². The zero-order chi connectivity index (χ0) is 20.4. The zero-order valence-electron chi connectivity index (χ0n) is 16.1. The summed E-state index contributed by atoms with van der Waals surface area (Å²) in [6.45, 7) is 2.81. The lowest BCUT2D eigenvalue weighted by Crippen LogP contribution is -2.27. The van der Waals surface area contributed by atoms with E-state index in [1.807, 2.05) is 53.4 Å². The highest BCUT2D eigenvalue weighted by Gasteiger charge is 2.29. The molecule has 0 atom stereocenters. The fourth-order valence-electron chi connectivity index (χ4n) is 3.64. The molecule has 146 valence electrons. The van der Waals surface area contributed by atoms with E-state index in [-0.39, 0.29) is 11.8 Å². The van der Waals surface area contributed by atoms with Gasteiger partial charge in [-0.3, -0.25) is 9.59 Å². The second-order valence-electron chi connectivity index (χ2n) is 7.01. The first-order chi connectivity index (χ1) is 14.1. The van der Waals surface area contributed by atoms with E-state index in [1.54, 1.807) is 12.1 Å². The summed E-state index contributed by atoms with van der Waals surface area (Å²) in [5.74, 6) is -0.223. The number of hydrogen-bond acceptors (Lipinski definition) is 2. The zero-order valence-corrected chi connectivity index (χ0v) is 16.9. The number of halogens is 1. The predicted octanol–water partition coefficient (Wildman–Crippen LogP) is 5.91. The van der Waals surface area contributed by atoms with Gasteiger partial charge in [-0.1, -0.05) is 55.3 Å². The fraction of sp³-hybridized carbons (Fsp3) is 0.167. The normalized spacial score (nSPS) is 12.9. The number of hydrogen-bond donors (Lipinski definition) is 1. The van der Waals surface area contributed by atoms with Crippen molar-refractivity contribution in [2.45, 2.75) is 19.8 Å². The molecule has 2 amide bonds. The molecule has 1 heterocycles. The van der Waals surface area contributed by atoms with Gasteiger partial charge in [-0.2, -0.15) is 0 Å². The largest absolute Gasteiger partial charge is 0.322 e. The number of carbonyl (C=O) groups is 2. The van der Waals surface area contributed by atoms with Crippen LogP contribution in [0, 0.1) is 0 Å². The van der Waals surface area contributed by atoms with Crippen LogP contribution >= 0.6 is 11.6 Å². The Morgan fingerprint density at radius 2 is 1.93 bits per heavy atom. The van der Waals surface area contributed by atoms with E-state index < -0.39 is 0 Å². The number of amides is 2. The van der Waals surface area contributed by atoms with E-state index in [2.05, 4.69) is 12.2 Å². The van der Waals surface area contributed by atoms with Gasteiger partial charge in [-0.25, -0.2) is 0 Å². The van der Waals surface area contributed by atoms with Gasteiger partial charge in [0, 0.05) is 39.7 Å². The first-order valence-electron chi connectivity index (χ1n) is 9.71. The predicted molar refractivity (Wildman–Crippen MR) is 120 cm³/mol. The molecule has 0 unspecified atom stereocenters. The van der Waals surface area contributed by atoms with Crippen LogP contribution in [0.1, 0.15) is 35.7 Å². The Balaban J connectivity index is 1.63. The molecule has 1 N–H and O–H groups in total. The lowest BCUT2D eigenvalue weighted by atomic mass is 10.0. The Bertz CT molecular complexity index is 1140. The van der Waals surface area contributed by atoms with Crippen molar-refractivity contribution in [3.63, 3.8) is 0 Å². The smallest absolute Gasteiger partial charge is 0.258 e. The third kappa shape index (κ3) is 3.64. The van der Waals surface area contributed by atoms with Gasteiger partial charge >= 0.3 is 0 Å². The number of rotatable bonds is 6. The molecule has 3 aromatic carbocycles. The summed E-state index contributed by atoms with van der Waals surface area (Å²) < 4.78 is 0. The van der Waals surface area contributed by atoms with Crippen molar-refractivity contribution in [3.05, 3.63) is 76.8 Å². The van der Waals surface area contributed by atoms with Crippen molar-refractivity contribution in [1.82, 2.24) is 0 Å². The van der Waals surface area contributed by atoms with Crippen LogP contribution in [0.2, 0.25) is 5.02 Å². The molecule has 0 saturated carbocycles. The molecule has 29 heavy (non-hydrogen) atoms. The lowest BCUT2D eigenvalue weighted by Gasteiger charge is -2.17. The summed E-state index contributed by atoms with van der Waals surface area (Å²) in [6.07, 6.45) is 5.12. The third-order valence-corrected chi connectivity index (χ3v) is 5.44. The van der Waals surface area contributed by atoms with Crippen LogP contribution in [-0.4, -0.2) is 18.4 Å². The highest BCUT2D eigenvalue weighted by atomic mass is 35.5. The minimum Gasteiger partial charge on any atom is -0.322 e. The average Bonchev–Trinajstić information content (AvgIpc) is 3.00. The van der Waals surface area contributed by atoms with Crippen molar-refractivity contribution < 1.29 is 9.59 Å². The number of carbonyl (C=O) groups excluding carboxylic acids is 2. The van der Waals surface area contributed by atoms with Crippen molar-refractivity contribution in [3.8, 4) is 0 Å². The molecular formula is C24H21ClN2O2. The highest BCUT2D eigenvalue weighted by Crippen LogP contribution is 2.40. The second-order valence-corrected chi connectivity index (χ2v) is 7.42. The number of benzene rings is 3. The molecule has 0 spiro atoms. The molecular weight excluding hydrogens is 384 g/mol. The van der Waals surface area contributed by atoms with E-state index in [1.165, 1.54) is 6.08 Å². The Morgan fingerprint density at radius 1 is 1.10 bits per heavy atom. The van der Waals surface area contributed by atoms with Crippen LogP contribution in [0.3, 0.4) is 0 Å². The van der Waals surface area contributed by atoms with Crippen LogP contribution in [0.5, 0.6) is 0 Å². The van der Waals surface area contributed by atoms with Gasteiger partial charge in [0.15, 0.2) is 0 Å². The van der Waals surface area contributed by atoms with E-state index in [9.17, 15) is 9.59 Å². The van der Waals surface area contributed by atoms with Gasteiger partial charge < -0.3 is 10.2 Å². The molecule has 0 fully saturated rings. The monoisotopic (exact) mass is 404 g/mol. The highest BCUT2D eigenvalue weighted by molar-refractivity contribution is 6.32. The maximum atomic E-state index is 12.8. The summed E-state index contributed by atoms with van der Waals surface area (Å²) in [7, 11) is 0. The second kappa shape index (κ2) is 8.10. The van der Waals surface area contributed by atoms with Crippen LogP contribution in [-0.2, 0) is 4.79 Å². The van der Waals surface area contributed by atoms with E-state index in [4.69, 9.17) is 11.6 Å². The lowest BCUT2D eigenvalue weighted by molar-refractivity contribution is -0.111. The Morgan fingerprint density at radius 3 is 2.72 bits per heavy atom. The van der Waals surface area contributed by atoms with Crippen LogP contribution < -0.4 is 10.2 Å². The van der Waals surface area contributed by atoms with Gasteiger partial charge in [-0.15, -0.1) is 0 Å². The molecule has 0 bridgehead atoms. The van der Waals surface area contributed by atoms with Crippen molar-refractivity contribution in [1.29, 1.82) is 0 Å². The van der Waals surface area contributed by atoms with Gasteiger partial charge in [-0.05, 0) is 42.3 Å². The molecule has 3 aromatic rings. The summed E-state index contributed by atoms with van der Waals surface area (Å²) in [4.78, 5) is 27.1. The maximum absolute atomic E-state index is 12.8. The molecule has 1 aliphatic rings. The summed E-state index contributed by atoms with van der Waals surface area (Å²) in [6, 6.07) is 16.8. The summed E-state index contributed by atoms with van der Waals surface area (Å²) in [5.41, 5.74) is 3.07. The standard InChI is InChI=1S/C24H21ClN2O2/c1-2-3-15-27-21-13-12-20(17-8-6-9-18(23(17)21)24(27)29)26-22(28)14-11-16-7-4-5-10-19(16)25/h4-14H,2-3,15H2,1H3,(H,26,28)/b14-11+. The SMILES string of the molecule is CCCCN1C(=O)c2cccc3c(NC(=O)/C=C/c4ccccc4Cl)ccc1c23. The average molecular weight is 405 g/mol. The number of anilines is 2. The fourth-order valence-corrected chi connectivity index (χ4v) is 3.84. The number of unbranched alkanes of at least 4 members (excludes halogenated alkanes) is 1. The molecule has 5 heteroatoms. The van der Waals surface area contributed by atoms with Crippen molar-refractivity contribution >= 4 is 51.6 Å². The molecule has 0 aliphatic carbocycles. The third-order valence-electron chi connectivity index (χ3n) is 5.10. The van der Waals surface area contributed by atoms with Gasteiger partial charge in [0.05, 0.1) is 5.69 Å². The topological polar surface area (TPSA) is 49.4 Å². The van der Waals surface area contributed by atoms with E-state index in [0.29, 0.717) is 22.8 Å². The number of nitrogens with one attached hydrogen (secondary N) is 1. The first kappa shape index (κ1) is 19.2. The van der Waals surface area contributed by atoms with Crippen LogP contribution in [0.25, 0.3) is 16.8 Å².